The molecule has 0 aromatic heterocycles. The van der Waals surface area contributed by atoms with Gasteiger partial charge in [0.1, 0.15) is 0 Å². The van der Waals surface area contributed by atoms with Crippen molar-refractivity contribution in [2.75, 3.05) is 20.3 Å². The Morgan fingerprint density at radius 1 is 1.47 bits per heavy atom. The van der Waals surface area contributed by atoms with Crippen LogP contribution in [0.2, 0.25) is 0 Å². The third-order valence-electron chi connectivity index (χ3n) is 4.09. The lowest BCUT2D eigenvalue weighted by Crippen LogP contribution is -2.43. The first-order chi connectivity index (χ1) is 8.20. The van der Waals surface area contributed by atoms with E-state index in [-0.39, 0.29) is 24.7 Å². The number of fused-ring (bicyclic) bond motifs is 1. The summed E-state index contributed by atoms with van der Waals surface area (Å²) in [6, 6.07) is -0.0165. The van der Waals surface area contributed by atoms with Crippen molar-refractivity contribution in [1.82, 2.24) is 4.90 Å². The van der Waals surface area contributed by atoms with E-state index in [9.17, 15) is 9.90 Å². The fraction of sp³-hybridized carbons (Fsp3) is 0.917. The molecular weight excluding hydrogens is 222 g/mol. The highest BCUT2D eigenvalue weighted by molar-refractivity contribution is 5.74. The molecule has 5 nitrogen and oxygen atoms in total. The van der Waals surface area contributed by atoms with Crippen molar-refractivity contribution < 1.29 is 19.7 Å². The zero-order valence-electron chi connectivity index (χ0n) is 10.2. The van der Waals surface area contributed by atoms with Crippen molar-refractivity contribution >= 4 is 5.97 Å². The fourth-order valence-corrected chi connectivity index (χ4v) is 3.34. The van der Waals surface area contributed by atoms with E-state index in [1.54, 1.807) is 0 Å². The van der Waals surface area contributed by atoms with E-state index in [1.807, 2.05) is 0 Å². The lowest BCUT2D eigenvalue weighted by atomic mass is 9.91. The van der Waals surface area contributed by atoms with Gasteiger partial charge in [-0.3, -0.25) is 9.69 Å². The van der Waals surface area contributed by atoms with Gasteiger partial charge >= 0.3 is 5.97 Å². The van der Waals surface area contributed by atoms with Gasteiger partial charge in [0.05, 0.1) is 19.1 Å². The van der Waals surface area contributed by atoms with Crippen LogP contribution in [0.5, 0.6) is 0 Å². The molecule has 2 fully saturated rings. The Morgan fingerprint density at radius 2 is 2.24 bits per heavy atom. The van der Waals surface area contributed by atoms with Gasteiger partial charge in [-0.25, -0.2) is 0 Å². The number of hydrogen-bond donors (Lipinski definition) is 2. The smallest absolute Gasteiger partial charge is 0.312 e. The number of esters is 1. The van der Waals surface area contributed by atoms with Crippen LogP contribution in [0.25, 0.3) is 0 Å². The standard InChI is InChI=1S/C12H21NO4/c1-17-12(16)10-8-4-2-3-6-13(8)9(5-7-14)11(10)15/h8-11,14-15H,2-7H2,1H3/t8-,9+,10-,11+/m1/s1. The molecule has 2 aliphatic heterocycles. The van der Waals surface area contributed by atoms with Crippen LogP contribution < -0.4 is 0 Å². The van der Waals surface area contributed by atoms with Gasteiger partial charge in [0.25, 0.3) is 0 Å². The summed E-state index contributed by atoms with van der Waals surface area (Å²) in [5, 5.41) is 19.3. The molecule has 0 spiro atoms. The molecule has 0 bridgehead atoms. The number of carbonyl (C=O) groups excluding carboxylic acids is 1. The molecule has 0 radical (unpaired) electrons. The molecule has 98 valence electrons. The number of aliphatic hydroxyl groups excluding tert-OH is 2. The monoisotopic (exact) mass is 243 g/mol. The molecule has 4 atom stereocenters. The zero-order chi connectivity index (χ0) is 12.4. The Bertz CT molecular complexity index is 282. The van der Waals surface area contributed by atoms with E-state index >= 15 is 0 Å². The average molecular weight is 243 g/mol. The third kappa shape index (κ3) is 2.19. The maximum atomic E-state index is 11.8. The van der Waals surface area contributed by atoms with Crippen LogP contribution in [-0.2, 0) is 9.53 Å². The van der Waals surface area contributed by atoms with E-state index < -0.39 is 12.0 Å². The van der Waals surface area contributed by atoms with Gasteiger partial charge in [-0.15, -0.1) is 0 Å². The molecule has 0 unspecified atom stereocenters. The van der Waals surface area contributed by atoms with Gasteiger partial charge in [0.15, 0.2) is 0 Å². The summed E-state index contributed by atoms with van der Waals surface area (Å²) in [7, 11) is 1.36. The second kappa shape index (κ2) is 5.33. The average Bonchev–Trinajstić information content (AvgIpc) is 2.63. The molecule has 0 aliphatic carbocycles. The number of methoxy groups -OCH3 is 1. The summed E-state index contributed by atoms with van der Waals surface area (Å²) >= 11 is 0. The molecular formula is C12H21NO4. The second-order valence-corrected chi connectivity index (χ2v) is 4.92. The van der Waals surface area contributed by atoms with Crippen molar-refractivity contribution in [3.8, 4) is 0 Å². The molecule has 17 heavy (non-hydrogen) atoms. The molecule has 5 heteroatoms. The first-order valence-electron chi connectivity index (χ1n) is 6.33. The zero-order valence-corrected chi connectivity index (χ0v) is 10.2. The number of piperidine rings is 1. The molecule has 2 heterocycles. The lowest BCUT2D eigenvalue weighted by Gasteiger charge is -2.34. The second-order valence-electron chi connectivity index (χ2n) is 4.92. The van der Waals surface area contributed by atoms with Gasteiger partial charge in [-0.05, 0) is 25.8 Å². The van der Waals surface area contributed by atoms with Crippen LogP contribution in [0.3, 0.4) is 0 Å². The maximum Gasteiger partial charge on any atom is 0.312 e. The first-order valence-corrected chi connectivity index (χ1v) is 6.33. The van der Waals surface area contributed by atoms with Crippen LogP contribution in [0.1, 0.15) is 25.7 Å². The highest BCUT2D eigenvalue weighted by atomic mass is 16.5. The maximum absolute atomic E-state index is 11.8. The van der Waals surface area contributed by atoms with Crippen LogP contribution >= 0.6 is 0 Å². The molecule has 2 N–H and O–H groups in total. The van der Waals surface area contributed by atoms with Crippen molar-refractivity contribution in [1.29, 1.82) is 0 Å². The Kier molecular flexibility index (Phi) is 4.01. The van der Waals surface area contributed by atoms with E-state index in [2.05, 4.69) is 4.90 Å². The van der Waals surface area contributed by atoms with Gasteiger partial charge in [-0.2, -0.15) is 0 Å². The lowest BCUT2D eigenvalue weighted by molar-refractivity contribution is -0.149. The minimum atomic E-state index is -0.710. The fourth-order valence-electron chi connectivity index (χ4n) is 3.34. The summed E-state index contributed by atoms with van der Waals surface area (Å²) < 4.78 is 4.79. The van der Waals surface area contributed by atoms with E-state index in [4.69, 9.17) is 9.84 Å². The van der Waals surface area contributed by atoms with Crippen LogP contribution in [0.4, 0.5) is 0 Å². The summed E-state index contributed by atoms with van der Waals surface area (Å²) in [5.74, 6) is -0.772. The summed E-state index contributed by atoms with van der Waals surface area (Å²) in [4.78, 5) is 13.9. The van der Waals surface area contributed by atoms with Crippen molar-refractivity contribution in [3.63, 3.8) is 0 Å². The number of aliphatic hydroxyl groups is 2. The normalized spacial score (nSPS) is 37.8. The van der Waals surface area contributed by atoms with Crippen molar-refractivity contribution in [3.05, 3.63) is 0 Å². The molecule has 0 aromatic carbocycles. The van der Waals surface area contributed by atoms with Crippen molar-refractivity contribution in [2.45, 2.75) is 43.9 Å². The predicted molar refractivity (Wildman–Crippen MR) is 61.3 cm³/mol. The number of hydrogen-bond acceptors (Lipinski definition) is 5. The SMILES string of the molecule is COC(=O)[C@H]1[C@@H](O)[C@H](CCO)N2CCCC[C@H]12. The summed E-state index contributed by atoms with van der Waals surface area (Å²) in [5.41, 5.74) is 0. The van der Waals surface area contributed by atoms with E-state index in [0.717, 1.165) is 25.8 Å². The van der Waals surface area contributed by atoms with Crippen LogP contribution in [0, 0.1) is 5.92 Å². The summed E-state index contributed by atoms with van der Waals surface area (Å²) in [6.07, 6.45) is 2.92. The molecule has 2 saturated heterocycles. The number of nitrogens with zero attached hydrogens (tertiary/aromatic N) is 1. The Labute approximate surface area is 101 Å². The highest BCUT2D eigenvalue weighted by Crippen LogP contribution is 2.38. The molecule has 2 aliphatic rings. The first kappa shape index (κ1) is 12.8. The third-order valence-corrected chi connectivity index (χ3v) is 4.09. The van der Waals surface area contributed by atoms with Crippen LogP contribution in [0.15, 0.2) is 0 Å². The Morgan fingerprint density at radius 3 is 2.88 bits per heavy atom. The van der Waals surface area contributed by atoms with E-state index in [0.29, 0.717) is 6.42 Å². The molecule has 2 rings (SSSR count). The molecule has 0 aromatic rings. The highest BCUT2D eigenvalue weighted by Gasteiger charge is 2.51. The van der Waals surface area contributed by atoms with Gasteiger partial charge < -0.3 is 14.9 Å². The summed E-state index contributed by atoms with van der Waals surface area (Å²) in [6.45, 7) is 0.943. The molecule has 0 saturated carbocycles. The largest absolute Gasteiger partial charge is 0.469 e. The number of rotatable bonds is 3. The van der Waals surface area contributed by atoms with Crippen LogP contribution in [-0.4, -0.2) is 59.5 Å². The van der Waals surface area contributed by atoms with Crippen molar-refractivity contribution in [2.24, 2.45) is 5.92 Å². The Hall–Kier alpha value is -0.650. The van der Waals surface area contributed by atoms with Gasteiger partial charge in [-0.1, -0.05) is 6.42 Å². The number of ether oxygens (including phenoxy) is 1. The quantitative estimate of drug-likeness (QED) is 0.669. The van der Waals surface area contributed by atoms with E-state index in [1.165, 1.54) is 7.11 Å². The molecule has 0 amide bonds. The Balaban J connectivity index is 2.19. The minimum Gasteiger partial charge on any atom is -0.469 e. The topological polar surface area (TPSA) is 70.0 Å². The minimum absolute atomic E-state index is 0.0405. The predicted octanol–water partition coefficient (Wildman–Crippen LogP) is -0.244. The van der Waals surface area contributed by atoms with Gasteiger partial charge in [0.2, 0.25) is 0 Å². The number of carbonyl (C=O) groups is 1. The van der Waals surface area contributed by atoms with Gasteiger partial charge in [0, 0.05) is 18.7 Å².